The quantitative estimate of drug-likeness (QED) is 0.818. The number of methoxy groups -OCH3 is 1. The molecule has 5 heteroatoms. The third kappa shape index (κ3) is 5.93. The van der Waals surface area contributed by atoms with Crippen LogP contribution in [0.25, 0.3) is 11.1 Å². The first-order valence-electron chi connectivity index (χ1n) is 7.37. The van der Waals surface area contributed by atoms with Crippen LogP contribution in [0.3, 0.4) is 0 Å². The average Bonchev–Trinajstić information content (AvgIpc) is 2.58. The number of hydrogen-bond donors (Lipinski definition) is 2. The monoisotopic (exact) mass is 334 g/mol. The Bertz CT molecular complexity index is 597. The lowest BCUT2D eigenvalue weighted by atomic mass is 10.0. The zero-order valence-corrected chi connectivity index (χ0v) is 14.3. The van der Waals surface area contributed by atoms with E-state index in [4.69, 9.17) is 4.74 Å². The Labute approximate surface area is 143 Å². The van der Waals surface area contributed by atoms with Gasteiger partial charge in [-0.25, -0.2) is 0 Å². The molecule has 4 nitrogen and oxygen atoms in total. The summed E-state index contributed by atoms with van der Waals surface area (Å²) in [6.07, 6.45) is 0.500. The highest BCUT2D eigenvalue weighted by Gasteiger charge is 2.02. The molecule has 0 atom stereocenters. The standard InChI is InChI=1S/C18H22N2O2.ClH/c1-19-12-11-18(21)20-13-14-3-5-15(6-4-14)16-7-9-17(22-2)10-8-16;/h3-10,19H,11-13H2,1-2H3,(H,20,21);1H. The number of rotatable bonds is 7. The zero-order chi connectivity index (χ0) is 15.8. The van der Waals surface area contributed by atoms with Crippen molar-refractivity contribution in [1.29, 1.82) is 0 Å². The number of benzene rings is 2. The minimum absolute atomic E-state index is 0. The normalized spacial score (nSPS) is 9.83. The number of carbonyl (C=O) groups excluding carboxylic acids is 1. The van der Waals surface area contributed by atoms with Gasteiger partial charge >= 0.3 is 0 Å². The van der Waals surface area contributed by atoms with Gasteiger partial charge in [-0.1, -0.05) is 36.4 Å². The van der Waals surface area contributed by atoms with Gasteiger partial charge in [-0.05, 0) is 35.9 Å². The third-order valence-electron chi connectivity index (χ3n) is 3.47. The lowest BCUT2D eigenvalue weighted by molar-refractivity contribution is -0.121. The fourth-order valence-electron chi connectivity index (χ4n) is 2.13. The van der Waals surface area contributed by atoms with Gasteiger partial charge in [0, 0.05) is 19.5 Å². The third-order valence-corrected chi connectivity index (χ3v) is 3.47. The molecule has 2 aromatic carbocycles. The van der Waals surface area contributed by atoms with Gasteiger partial charge in [-0.15, -0.1) is 12.4 Å². The molecule has 2 N–H and O–H groups in total. The lowest BCUT2D eigenvalue weighted by Crippen LogP contribution is -2.26. The summed E-state index contributed by atoms with van der Waals surface area (Å²) in [6.45, 7) is 1.26. The lowest BCUT2D eigenvalue weighted by Gasteiger charge is -2.07. The largest absolute Gasteiger partial charge is 0.497 e. The van der Waals surface area contributed by atoms with Crippen molar-refractivity contribution in [2.24, 2.45) is 0 Å². The topological polar surface area (TPSA) is 50.4 Å². The second-order valence-corrected chi connectivity index (χ2v) is 5.06. The molecule has 0 radical (unpaired) electrons. The van der Waals surface area contributed by atoms with Crippen LogP contribution in [0.15, 0.2) is 48.5 Å². The number of ether oxygens (including phenoxy) is 1. The van der Waals surface area contributed by atoms with E-state index in [0.29, 0.717) is 19.5 Å². The zero-order valence-electron chi connectivity index (χ0n) is 13.5. The Balaban J connectivity index is 0.00000264. The van der Waals surface area contributed by atoms with Crippen molar-refractivity contribution in [1.82, 2.24) is 10.6 Å². The van der Waals surface area contributed by atoms with Crippen LogP contribution >= 0.6 is 12.4 Å². The van der Waals surface area contributed by atoms with Gasteiger partial charge in [-0.2, -0.15) is 0 Å². The smallest absolute Gasteiger partial charge is 0.221 e. The Morgan fingerprint density at radius 1 is 1.00 bits per heavy atom. The van der Waals surface area contributed by atoms with Crippen LogP contribution in [0.2, 0.25) is 0 Å². The maximum Gasteiger partial charge on any atom is 0.221 e. The summed E-state index contributed by atoms with van der Waals surface area (Å²) in [5, 5.41) is 5.87. The highest BCUT2D eigenvalue weighted by molar-refractivity contribution is 5.85. The second-order valence-electron chi connectivity index (χ2n) is 5.06. The minimum atomic E-state index is 0. The molecule has 0 heterocycles. The first-order chi connectivity index (χ1) is 10.7. The molecule has 0 unspecified atom stereocenters. The first-order valence-corrected chi connectivity index (χ1v) is 7.37. The van der Waals surface area contributed by atoms with Gasteiger partial charge in [0.25, 0.3) is 0 Å². The van der Waals surface area contributed by atoms with Crippen molar-refractivity contribution < 1.29 is 9.53 Å². The van der Waals surface area contributed by atoms with E-state index in [1.54, 1.807) is 7.11 Å². The van der Waals surface area contributed by atoms with Crippen molar-refractivity contribution >= 4 is 18.3 Å². The summed E-state index contributed by atoms with van der Waals surface area (Å²) in [4.78, 5) is 11.6. The van der Waals surface area contributed by atoms with E-state index in [0.717, 1.165) is 22.4 Å². The molecule has 0 aliphatic rings. The van der Waals surface area contributed by atoms with E-state index in [1.165, 1.54) is 0 Å². The number of hydrogen-bond acceptors (Lipinski definition) is 3. The molecule has 0 bridgehead atoms. The van der Waals surface area contributed by atoms with E-state index in [1.807, 2.05) is 43.4 Å². The van der Waals surface area contributed by atoms with Crippen molar-refractivity contribution in [2.75, 3.05) is 20.7 Å². The van der Waals surface area contributed by atoms with Gasteiger partial charge in [0.05, 0.1) is 7.11 Å². The molecule has 0 saturated carbocycles. The molecule has 1 amide bonds. The number of carbonyl (C=O) groups is 1. The van der Waals surface area contributed by atoms with Crippen LogP contribution in [0.4, 0.5) is 0 Å². The van der Waals surface area contributed by atoms with E-state index in [2.05, 4.69) is 22.8 Å². The number of amides is 1. The summed E-state index contributed by atoms with van der Waals surface area (Å²) in [6, 6.07) is 16.2. The fraction of sp³-hybridized carbons (Fsp3) is 0.278. The Hall–Kier alpha value is -2.04. The molecule has 0 aromatic heterocycles. The molecule has 124 valence electrons. The van der Waals surface area contributed by atoms with Gasteiger partial charge in [0.15, 0.2) is 0 Å². The molecule has 0 fully saturated rings. The molecule has 2 rings (SSSR count). The van der Waals surface area contributed by atoms with Gasteiger partial charge < -0.3 is 15.4 Å². The Morgan fingerprint density at radius 3 is 2.09 bits per heavy atom. The molecule has 0 spiro atoms. The van der Waals surface area contributed by atoms with Crippen LogP contribution in [0.1, 0.15) is 12.0 Å². The predicted octanol–water partition coefficient (Wildman–Crippen LogP) is 3.01. The Kier molecular flexibility index (Phi) is 8.16. The molecular formula is C18H23ClN2O2. The Morgan fingerprint density at radius 2 is 1.57 bits per heavy atom. The van der Waals surface area contributed by atoms with Crippen molar-refractivity contribution in [3.63, 3.8) is 0 Å². The van der Waals surface area contributed by atoms with Crippen molar-refractivity contribution in [3.05, 3.63) is 54.1 Å². The summed E-state index contributed by atoms with van der Waals surface area (Å²) >= 11 is 0. The molecule has 0 aliphatic carbocycles. The van der Waals surface area contributed by atoms with Crippen molar-refractivity contribution in [3.8, 4) is 16.9 Å². The summed E-state index contributed by atoms with van der Waals surface area (Å²) in [5.74, 6) is 0.915. The van der Waals surface area contributed by atoms with Crippen LogP contribution in [0, 0.1) is 0 Å². The number of halogens is 1. The molecule has 23 heavy (non-hydrogen) atoms. The van der Waals surface area contributed by atoms with Gasteiger partial charge in [0.2, 0.25) is 5.91 Å². The predicted molar refractivity (Wildman–Crippen MR) is 96.1 cm³/mol. The second kappa shape index (κ2) is 9.87. The SMILES string of the molecule is CNCCC(=O)NCc1ccc(-c2ccc(OC)cc2)cc1.Cl. The molecular weight excluding hydrogens is 312 g/mol. The average molecular weight is 335 g/mol. The van der Waals surface area contributed by atoms with Crippen LogP contribution in [-0.4, -0.2) is 26.6 Å². The van der Waals surface area contributed by atoms with Crippen LogP contribution in [-0.2, 0) is 11.3 Å². The highest BCUT2D eigenvalue weighted by atomic mass is 35.5. The minimum Gasteiger partial charge on any atom is -0.497 e. The van der Waals surface area contributed by atoms with Crippen LogP contribution < -0.4 is 15.4 Å². The van der Waals surface area contributed by atoms with E-state index >= 15 is 0 Å². The maximum atomic E-state index is 11.6. The maximum absolute atomic E-state index is 11.6. The van der Waals surface area contributed by atoms with Crippen LogP contribution in [0.5, 0.6) is 5.75 Å². The van der Waals surface area contributed by atoms with E-state index in [-0.39, 0.29) is 18.3 Å². The summed E-state index contributed by atoms with van der Waals surface area (Å²) < 4.78 is 5.16. The van der Waals surface area contributed by atoms with E-state index in [9.17, 15) is 4.79 Å². The van der Waals surface area contributed by atoms with E-state index < -0.39 is 0 Å². The summed E-state index contributed by atoms with van der Waals surface area (Å²) in [7, 11) is 3.50. The molecule has 0 aliphatic heterocycles. The first kappa shape index (κ1) is 19.0. The highest BCUT2D eigenvalue weighted by Crippen LogP contribution is 2.22. The molecule has 2 aromatic rings. The number of nitrogens with one attached hydrogen (secondary N) is 2. The molecule has 0 saturated heterocycles. The fourth-order valence-corrected chi connectivity index (χ4v) is 2.13. The van der Waals surface area contributed by atoms with Gasteiger partial charge in [-0.3, -0.25) is 4.79 Å². The summed E-state index contributed by atoms with van der Waals surface area (Å²) in [5.41, 5.74) is 3.38. The van der Waals surface area contributed by atoms with Crippen molar-refractivity contribution in [2.45, 2.75) is 13.0 Å². The van der Waals surface area contributed by atoms with Gasteiger partial charge in [0.1, 0.15) is 5.75 Å².